The Balaban J connectivity index is 2.16. The Bertz CT molecular complexity index is 824. The fourth-order valence-corrected chi connectivity index (χ4v) is 2.74. The minimum atomic E-state index is -0.905. The Morgan fingerprint density at radius 3 is 2.68 bits per heavy atom. The third-order valence-electron chi connectivity index (χ3n) is 3.76. The molecule has 0 aliphatic heterocycles. The maximum atomic E-state index is 13.1. The van der Waals surface area contributed by atoms with Crippen LogP contribution in [-0.4, -0.2) is 20.5 Å². The average molecular weight is 298 g/mol. The number of aryl methyl sites for hydroxylation is 1. The normalized spacial score (nSPS) is 12.5. The van der Waals surface area contributed by atoms with Crippen LogP contribution in [0.2, 0.25) is 0 Å². The molecule has 3 rings (SSSR count). The van der Waals surface area contributed by atoms with Crippen LogP contribution in [0.5, 0.6) is 0 Å². The van der Waals surface area contributed by atoms with Crippen molar-refractivity contribution in [3.8, 4) is 0 Å². The summed E-state index contributed by atoms with van der Waals surface area (Å²) in [5.74, 6) is -1.63. The number of benzene rings is 1. The molecule has 112 valence electrons. The van der Waals surface area contributed by atoms with Crippen LogP contribution in [-0.2, 0) is 4.79 Å². The summed E-state index contributed by atoms with van der Waals surface area (Å²) in [6.07, 6.45) is 1.62. The fraction of sp³-hybridized carbons (Fsp3) is 0.176. The smallest absolute Gasteiger partial charge is 0.304 e. The van der Waals surface area contributed by atoms with Gasteiger partial charge in [-0.15, -0.1) is 0 Å². The lowest BCUT2D eigenvalue weighted by atomic mass is 9.92. The minimum absolute atomic E-state index is 0.0756. The predicted molar refractivity (Wildman–Crippen MR) is 80.4 cm³/mol. The fourth-order valence-electron chi connectivity index (χ4n) is 2.74. The molecule has 1 atom stereocenters. The van der Waals surface area contributed by atoms with Gasteiger partial charge in [-0.3, -0.25) is 4.79 Å². The van der Waals surface area contributed by atoms with Crippen molar-refractivity contribution in [2.75, 3.05) is 0 Å². The molecule has 3 aromatic rings. The molecular formula is C17H15FN2O2. The molecule has 1 N–H and O–H groups in total. The summed E-state index contributed by atoms with van der Waals surface area (Å²) in [6, 6.07) is 11.7. The monoisotopic (exact) mass is 298 g/mol. The summed E-state index contributed by atoms with van der Waals surface area (Å²) in [4.78, 5) is 15.6. The van der Waals surface area contributed by atoms with Gasteiger partial charge in [-0.05, 0) is 36.8 Å². The van der Waals surface area contributed by atoms with E-state index in [-0.39, 0.29) is 18.2 Å². The highest BCUT2D eigenvalue weighted by molar-refractivity contribution is 5.69. The maximum absolute atomic E-state index is 13.1. The summed E-state index contributed by atoms with van der Waals surface area (Å²) >= 11 is 0. The van der Waals surface area contributed by atoms with Crippen LogP contribution < -0.4 is 0 Å². The predicted octanol–water partition coefficient (Wildman–Crippen LogP) is 3.39. The molecule has 0 radical (unpaired) electrons. The number of nitrogens with zero attached hydrogens (tertiary/aromatic N) is 2. The van der Waals surface area contributed by atoms with Crippen LogP contribution >= 0.6 is 0 Å². The van der Waals surface area contributed by atoms with Crippen LogP contribution in [0.1, 0.15) is 29.3 Å². The number of rotatable bonds is 4. The van der Waals surface area contributed by atoms with Gasteiger partial charge in [0, 0.05) is 17.8 Å². The molecular weight excluding hydrogens is 283 g/mol. The molecule has 0 amide bonds. The van der Waals surface area contributed by atoms with Gasteiger partial charge in [0.05, 0.1) is 12.1 Å². The summed E-state index contributed by atoms with van der Waals surface area (Å²) in [7, 11) is 0. The average Bonchev–Trinajstić information content (AvgIpc) is 2.91. The number of carbonyl (C=O) groups is 1. The molecule has 0 aliphatic carbocycles. The number of carboxylic acid groups (broad SMARTS) is 1. The van der Waals surface area contributed by atoms with Crippen molar-refractivity contribution in [2.45, 2.75) is 19.3 Å². The van der Waals surface area contributed by atoms with E-state index >= 15 is 0 Å². The molecule has 5 heteroatoms. The van der Waals surface area contributed by atoms with E-state index in [9.17, 15) is 14.3 Å². The van der Waals surface area contributed by atoms with E-state index in [4.69, 9.17) is 0 Å². The van der Waals surface area contributed by atoms with E-state index in [1.807, 2.05) is 29.5 Å². The van der Waals surface area contributed by atoms with Crippen molar-refractivity contribution in [3.63, 3.8) is 0 Å². The standard InChI is InChI=1S/C17H15FN2O2/c1-11-3-2-4-16-19-10-15(20(11)16)14(9-17(21)22)12-5-7-13(18)8-6-12/h2-8,10,14H,9H2,1H3,(H,21,22). The zero-order valence-electron chi connectivity index (χ0n) is 12.0. The van der Waals surface area contributed by atoms with Crippen LogP contribution in [0.4, 0.5) is 4.39 Å². The molecule has 0 saturated heterocycles. The molecule has 1 unspecified atom stereocenters. The van der Waals surface area contributed by atoms with Gasteiger partial charge in [0.2, 0.25) is 0 Å². The van der Waals surface area contributed by atoms with Gasteiger partial charge >= 0.3 is 5.97 Å². The summed E-state index contributed by atoms with van der Waals surface area (Å²) in [5.41, 5.74) is 3.30. The highest BCUT2D eigenvalue weighted by atomic mass is 19.1. The van der Waals surface area contributed by atoms with E-state index in [1.54, 1.807) is 18.3 Å². The largest absolute Gasteiger partial charge is 0.481 e. The van der Waals surface area contributed by atoms with E-state index in [0.717, 1.165) is 22.6 Å². The van der Waals surface area contributed by atoms with Crippen LogP contribution in [0.15, 0.2) is 48.7 Å². The van der Waals surface area contributed by atoms with Crippen molar-refractivity contribution in [2.24, 2.45) is 0 Å². The number of hydrogen-bond acceptors (Lipinski definition) is 2. The lowest BCUT2D eigenvalue weighted by molar-refractivity contribution is -0.137. The van der Waals surface area contributed by atoms with E-state index in [2.05, 4.69) is 4.98 Å². The number of aliphatic carboxylic acids is 1. The molecule has 1 aromatic carbocycles. The zero-order valence-corrected chi connectivity index (χ0v) is 12.0. The third kappa shape index (κ3) is 2.57. The Hall–Kier alpha value is -2.69. The number of fused-ring (bicyclic) bond motifs is 1. The second-order valence-electron chi connectivity index (χ2n) is 5.25. The van der Waals surface area contributed by atoms with Gasteiger partial charge in [0.25, 0.3) is 0 Å². The number of imidazole rings is 1. The Kier molecular flexibility index (Phi) is 3.63. The highest BCUT2D eigenvalue weighted by Gasteiger charge is 2.22. The minimum Gasteiger partial charge on any atom is -0.481 e. The lowest BCUT2D eigenvalue weighted by Crippen LogP contribution is -2.11. The zero-order chi connectivity index (χ0) is 15.7. The third-order valence-corrected chi connectivity index (χ3v) is 3.76. The van der Waals surface area contributed by atoms with Gasteiger partial charge in [0.15, 0.2) is 0 Å². The molecule has 0 aliphatic rings. The number of carboxylic acids is 1. The van der Waals surface area contributed by atoms with Crippen LogP contribution in [0, 0.1) is 12.7 Å². The van der Waals surface area contributed by atoms with Crippen LogP contribution in [0.3, 0.4) is 0 Å². The number of hydrogen-bond donors (Lipinski definition) is 1. The van der Waals surface area contributed by atoms with Crippen molar-refractivity contribution in [1.29, 1.82) is 0 Å². The number of aromatic nitrogens is 2. The van der Waals surface area contributed by atoms with Gasteiger partial charge in [0.1, 0.15) is 11.5 Å². The molecule has 2 aromatic heterocycles. The molecule has 0 saturated carbocycles. The SMILES string of the molecule is Cc1cccc2ncc(C(CC(=O)O)c3ccc(F)cc3)n12. The quantitative estimate of drug-likeness (QED) is 0.803. The summed E-state index contributed by atoms with van der Waals surface area (Å²) < 4.78 is 15.1. The van der Waals surface area contributed by atoms with Gasteiger partial charge in [-0.1, -0.05) is 18.2 Å². The Morgan fingerprint density at radius 2 is 2.00 bits per heavy atom. The highest BCUT2D eigenvalue weighted by Crippen LogP contribution is 2.29. The first-order valence-electron chi connectivity index (χ1n) is 6.96. The van der Waals surface area contributed by atoms with Crippen molar-refractivity contribution in [3.05, 3.63) is 71.4 Å². The molecule has 2 heterocycles. The Morgan fingerprint density at radius 1 is 1.27 bits per heavy atom. The first kappa shape index (κ1) is 14.3. The van der Waals surface area contributed by atoms with Gasteiger partial charge < -0.3 is 9.51 Å². The molecule has 0 fully saturated rings. The number of pyridine rings is 1. The van der Waals surface area contributed by atoms with Gasteiger partial charge in [-0.25, -0.2) is 9.37 Å². The molecule has 0 spiro atoms. The van der Waals surface area contributed by atoms with E-state index in [1.165, 1.54) is 12.1 Å². The second-order valence-corrected chi connectivity index (χ2v) is 5.25. The topological polar surface area (TPSA) is 54.6 Å². The van der Waals surface area contributed by atoms with Crippen LogP contribution in [0.25, 0.3) is 5.65 Å². The van der Waals surface area contributed by atoms with Gasteiger partial charge in [-0.2, -0.15) is 0 Å². The van der Waals surface area contributed by atoms with E-state index in [0.29, 0.717) is 0 Å². The summed E-state index contributed by atoms with van der Waals surface area (Å²) in [5, 5.41) is 9.24. The van der Waals surface area contributed by atoms with Crippen molar-refractivity contribution < 1.29 is 14.3 Å². The Labute approximate surface area is 126 Å². The maximum Gasteiger partial charge on any atom is 0.304 e. The second kappa shape index (κ2) is 5.60. The molecule has 4 nitrogen and oxygen atoms in total. The summed E-state index contributed by atoms with van der Waals surface area (Å²) in [6.45, 7) is 1.95. The molecule has 0 bridgehead atoms. The number of halogens is 1. The van der Waals surface area contributed by atoms with Crippen molar-refractivity contribution >= 4 is 11.6 Å². The molecule has 22 heavy (non-hydrogen) atoms. The van der Waals surface area contributed by atoms with Crippen molar-refractivity contribution in [1.82, 2.24) is 9.38 Å². The first-order valence-corrected chi connectivity index (χ1v) is 6.96. The first-order chi connectivity index (χ1) is 10.6. The van der Waals surface area contributed by atoms with E-state index < -0.39 is 5.97 Å². The lowest BCUT2D eigenvalue weighted by Gasteiger charge is -2.16.